The Labute approximate surface area is 196 Å². The first-order valence-electron chi connectivity index (χ1n) is 12.2. The quantitative estimate of drug-likeness (QED) is 0.536. The zero-order chi connectivity index (χ0) is 23.8. The number of amides is 1. The Morgan fingerprint density at radius 2 is 1.79 bits per heavy atom. The minimum atomic E-state index is -1.26. The van der Waals surface area contributed by atoms with Crippen molar-refractivity contribution in [1.29, 1.82) is 0 Å². The molecular formula is C28H35NO4. The molecule has 1 spiro atoms. The number of hydrogen-bond donors (Lipinski definition) is 1. The molecule has 5 nitrogen and oxygen atoms in total. The molecule has 1 saturated heterocycles. The fourth-order valence-corrected chi connectivity index (χ4v) is 5.93. The Hall–Kier alpha value is -2.69. The Bertz CT molecular complexity index is 981. The van der Waals surface area contributed by atoms with Crippen LogP contribution in [0.3, 0.4) is 0 Å². The van der Waals surface area contributed by atoms with Crippen molar-refractivity contribution >= 4 is 17.7 Å². The fraction of sp³-hybridized carbons (Fsp3) is 0.536. The van der Waals surface area contributed by atoms with Gasteiger partial charge in [0.1, 0.15) is 5.78 Å². The zero-order valence-corrected chi connectivity index (χ0v) is 20.0. The zero-order valence-electron chi connectivity index (χ0n) is 20.0. The van der Waals surface area contributed by atoms with E-state index in [2.05, 4.69) is 37.4 Å². The Kier molecular flexibility index (Phi) is 6.60. The van der Waals surface area contributed by atoms with Crippen molar-refractivity contribution in [3.63, 3.8) is 0 Å². The predicted octanol–water partition coefficient (Wildman–Crippen LogP) is 4.42. The molecule has 2 heterocycles. The van der Waals surface area contributed by atoms with Crippen LogP contribution in [0, 0.1) is 29.6 Å². The minimum absolute atomic E-state index is 0.0856. The summed E-state index contributed by atoms with van der Waals surface area (Å²) in [7, 11) is 0. The molecule has 5 heteroatoms. The highest BCUT2D eigenvalue weighted by Crippen LogP contribution is 2.50. The van der Waals surface area contributed by atoms with E-state index in [4.69, 9.17) is 4.74 Å². The van der Waals surface area contributed by atoms with Crippen LogP contribution >= 0.6 is 0 Å². The predicted molar refractivity (Wildman–Crippen MR) is 127 cm³/mol. The normalized spacial score (nSPS) is 38.1. The average molecular weight is 450 g/mol. The maximum atomic E-state index is 13.7. The second-order valence-electron chi connectivity index (χ2n) is 10.2. The van der Waals surface area contributed by atoms with Crippen LogP contribution in [-0.2, 0) is 25.5 Å². The molecule has 33 heavy (non-hydrogen) atoms. The van der Waals surface area contributed by atoms with Gasteiger partial charge in [0.2, 0.25) is 5.60 Å². The highest BCUT2D eigenvalue weighted by Gasteiger charge is 2.64. The van der Waals surface area contributed by atoms with E-state index in [0.717, 1.165) is 5.56 Å². The van der Waals surface area contributed by atoms with Gasteiger partial charge in [0.15, 0.2) is 0 Å². The van der Waals surface area contributed by atoms with Gasteiger partial charge in [-0.25, -0.2) is 0 Å². The molecule has 3 aliphatic rings. The topological polar surface area (TPSA) is 72.5 Å². The van der Waals surface area contributed by atoms with Crippen LogP contribution in [0.4, 0.5) is 0 Å². The van der Waals surface area contributed by atoms with Gasteiger partial charge in [0, 0.05) is 36.1 Å². The van der Waals surface area contributed by atoms with Gasteiger partial charge in [-0.2, -0.15) is 0 Å². The lowest BCUT2D eigenvalue weighted by molar-refractivity contribution is -0.177. The summed E-state index contributed by atoms with van der Waals surface area (Å²) in [5.41, 5.74) is 1.08. The average Bonchev–Trinajstić information content (AvgIpc) is 3.06. The molecule has 0 aromatic heterocycles. The lowest BCUT2D eigenvalue weighted by Crippen LogP contribution is -2.56. The second kappa shape index (κ2) is 9.28. The molecule has 4 rings (SSSR count). The molecule has 2 aliphatic heterocycles. The third-order valence-electron chi connectivity index (χ3n) is 7.96. The number of allylic oxidation sites excluding steroid dienone is 2. The second-order valence-corrected chi connectivity index (χ2v) is 10.2. The number of esters is 1. The smallest absolute Gasteiger partial charge is 0.306 e. The number of benzene rings is 1. The highest BCUT2D eigenvalue weighted by molar-refractivity contribution is 5.92. The van der Waals surface area contributed by atoms with Crippen LogP contribution in [0.5, 0.6) is 0 Å². The molecule has 1 aromatic rings. The highest BCUT2D eigenvalue weighted by atomic mass is 16.6. The molecule has 0 saturated carbocycles. The Morgan fingerprint density at radius 3 is 2.52 bits per heavy atom. The summed E-state index contributed by atoms with van der Waals surface area (Å²) in [5, 5.41) is 3.21. The van der Waals surface area contributed by atoms with Gasteiger partial charge in [-0.3, -0.25) is 14.4 Å². The maximum Gasteiger partial charge on any atom is 0.306 e. The van der Waals surface area contributed by atoms with Crippen LogP contribution in [0.25, 0.3) is 0 Å². The monoisotopic (exact) mass is 449 g/mol. The van der Waals surface area contributed by atoms with Crippen molar-refractivity contribution < 1.29 is 19.1 Å². The molecule has 1 fully saturated rings. The van der Waals surface area contributed by atoms with Crippen molar-refractivity contribution in [2.75, 3.05) is 0 Å². The third kappa shape index (κ3) is 4.30. The number of rotatable bonds is 2. The summed E-state index contributed by atoms with van der Waals surface area (Å²) in [4.78, 5) is 39.4. The number of carbonyl (C=O) groups is 3. The first-order valence-corrected chi connectivity index (χ1v) is 12.2. The van der Waals surface area contributed by atoms with Crippen LogP contribution in [0.15, 0.2) is 54.1 Å². The molecule has 0 radical (unpaired) electrons. The summed E-state index contributed by atoms with van der Waals surface area (Å²) in [5.74, 6) is -1.21. The van der Waals surface area contributed by atoms with Crippen molar-refractivity contribution in [2.45, 2.75) is 65.0 Å². The number of ketones is 1. The number of carbonyl (C=O) groups excluding carboxylic acids is 3. The first-order chi connectivity index (χ1) is 15.7. The van der Waals surface area contributed by atoms with Crippen LogP contribution in [0.2, 0.25) is 0 Å². The number of hydrogen-bond acceptors (Lipinski definition) is 4. The molecule has 1 aliphatic carbocycles. The SMILES string of the molecule is CC1=C[C@@H]2/C=C/C[C@H](C)C(=O)[C@@H](C)CCC(=O)O[C@]23C(=O)N[C@@H](Cc2ccccc2)[C@@H]3[C@@H]1C. The summed E-state index contributed by atoms with van der Waals surface area (Å²) in [6, 6.07) is 9.99. The largest absolute Gasteiger partial charge is 0.448 e. The van der Waals surface area contributed by atoms with Gasteiger partial charge < -0.3 is 10.1 Å². The lowest BCUT2D eigenvalue weighted by Gasteiger charge is -2.44. The van der Waals surface area contributed by atoms with E-state index in [1.54, 1.807) is 0 Å². The third-order valence-corrected chi connectivity index (χ3v) is 7.96. The van der Waals surface area contributed by atoms with Gasteiger partial charge in [-0.05, 0) is 37.7 Å². The molecule has 176 valence electrons. The Morgan fingerprint density at radius 1 is 1.06 bits per heavy atom. The van der Waals surface area contributed by atoms with Gasteiger partial charge in [0.05, 0.1) is 0 Å². The Balaban J connectivity index is 1.76. The van der Waals surface area contributed by atoms with E-state index in [9.17, 15) is 14.4 Å². The van der Waals surface area contributed by atoms with Gasteiger partial charge in [-0.15, -0.1) is 0 Å². The summed E-state index contributed by atoms with van der Waals surface area (Å²) < 4.78 is 6.19. The molecule has 1 N–H and O–H groups in total. The van der Waals surface area contributed by atoms with E-state index in [0.29, 0.717) is 19.3 Å². The summed E-state index contributed by atoms with van der Waals surface area (Å²) >= 11 is 0. The number of Topliss-reactive ketones (excluding diaryl/α,β-unsaturated/α-hetero) is 1. The van der Waals surface area contributed by atoms with Gasteiger partial charge >= 0.3 is 5.97 Å². The fourth-order valence-electron chi connectivity index (χ4n) is 5.93. The van der Waals surface area contributed by atoms with Crippen LogP contribution in [0.1, 0.15) is 52.5 Å². The first kappa shape index (κ1) is 23.5. The van der Waals surface area contributed by atoms with Crippen molar-refractivity contribution in [3.05, 3.63) is 59.7 Å². The van der Waals surface area contributed by atoms with E-state index < -0.39 is 11.6 Å². The number of nitrogens with one attached hydrogen (secondary N) is 1. The summed E-state index contributed by atoms with van der Waals surface area (Å²) in [6.45, 7) is 8.03. The molecule has 7 atom stereocenters. The summed E-state index contributed by atoms with van der Waals surface area (Å²) in [6.07, 6.45) is 7.94. The van der Waals surface area contributed by atoms with Gasteiger partial charge in [0.25, 0.3) is 5.91 Å². The molecule has 0 bridgehead atoms. The van der Waals surface area contributed by atoms with Crippen molar-refractivity contribution in [3.8, 4) is 0 Å². The van der Waals surface area contributed by atoms with Crippen molar-refractivity contribution in [1.82, 2.24) is 5.32 Å². The minimum Gasteiger partial charge on any atom is -0.448 e. The number of ether oxygens (including phenoxy) is 1. The van der Waals surface area contributed by atoms with E-state index in [1.165, 1.54) is 5.57 Å². The van der Waals surface area contributed by atoms with Crippen LogP contribution in [-0.4, -0.2) is 29.3 Å². The standard InChI is InChI=1S/C28H35NO4/c1-17-9-8-12-22-15-19(3)20(4)25-23(16-21-10-6-5-7-11-21)29-27(32)28(22,25)33-24(30)14-13-18(2)26(17)31/h5-8,10-12,15,17-18,20,22-23,25H,9,13-14,16H2,1-4H3,(H,29,32)/b12-8+/t17-,18-,20+,22-,23-,25-,28+/m0/s1. The van der Waals surface area contributed by atoms with Crippen molar-refractivity contribution in [2.24, 2.45) is 29.6 Å². The molecule has 1 amide bonds. The lowest BCUT2D eigenvalue weighted by atomic mass is 9.63. The van der Waals surface area contributed by atoms with E-state index >= 15 is 0 Å². The molecule has 1 aromatic carbocycles. The van der Waals surface area contributed by atoms with E-state index in [1.807, 2.05) is 44.2 Å². The van der Waals surface area contributed by atoms with E-state index in [-0.39, 0.29) is 53.7 Å². The molecule has 0 unspecified atom stereocenters. The molecular weight excluding hydrogens is 414 g/mol. The van der Waals surface area contributed by atoms with Crippen LogP contribution < -0.4 is 5.32 Å². The van der Waals surface area contributed by atoms with Gasteiger partial charge in [-0.1, -0.05) is 74.9 Å². The maximum absolute atomic E-state index is 13.7.